The Morgan fingerprint density at radius 1 is 1.14 bits per heavy atom. The molecule has 2 aromatic rings. The average Bonchev–Trinajstić information content (AvgIpc) is 2.66. The zero-order valence-corrected chi connectivity index (χ0v) is 18.0. The highest BCUT2D eigenvalue weighted by Crippen LogP contribution is 2.24. The van der Waals surface area contributed by atoms with Gasteiger partial charge < -0.3 is 14.6 Å². The predicted molar refractivity (Wildman–Crippen MR) is 114 cm³/mol. The highest BCUT2D eigenvalue weighted by atomic mass is 79.9. The molecule has 0 unspecified atom stereocenters. The maximum Gasteiger partial charge on any atom is 0.341 e. The van der Waals surface area contributed by atoms with Crippen LogP contribution in [0.3, 0.4) is 0 Å². The molecule has 0 fully saturated rings. The summed E-state index contributed by atoms with van der Waals surface area (Å²) in [7, 11) is 0. The average molecular weight is 463 g/mol. The fourth-order valence-corrected chi connectivity index (χ4v) is 2.75. The molecule has 2 rings (SSSR count). The number of halogens is 1. The molecular formula is C21H23BrN2O5. The minimum absolute atomic E-state index is 0.180. The van der Waals surface area contributed by atoms with Gasteiger partial charge in [-0.2, -0.15) is 5.10 Å². The summed E-state index contributed by atoms with van der Waals surface area (Å²) >= 11 is 3.33. The number of nitrogens with one attached hydrogen (secondary N) is 1. The Morgan fingerprint density at radius 2 is 1.86 bits per heavy atom. The number of amides is 1. The van der Waals surface area contributed by atoms with Gasteiger partial charge in [0.2, 0.25) is 0 Å². The monoisotopic (exact) mass is 462 g/mol. The van der Waals surface area contributed by atoms with Crippen LogP contribution in [0, 0.1) is 6.92 Å². The van der Waals surface area contributed by atoms with Crippen molar-refractivity contribution in [3.05, 3.63) is 57.6 Å². The summed E-state index contributed by atoms with van der Waals surface area (Å²) in [4.78, 5) is 22.7. The number of ether oxygens (including phenoxy) is 2. The molecule has 0 aromatic heterocycles. The smallest absolute Gasteiger partial charge is 0.341 e. The third-order valence-electron chi connectivity index (χ3n) is 3.95. The molecular weight excluding hydrogens is 440 g/mol. The van der Waals surface area contributed by atoms with Crippen LogP contribution in [-0.2, 0) is 9.59 Å². The SMILES string of the molecule is Cc1ccc(C(C)C)cc1OCC(=O)N/N=C\c1cc(Br)ccc1OCC(=O)O. The standard InChI is InChI=1S/C21H23BrN2O5/c1-13(2)15-5-4-14(3)19(9-15)28-11-20(25)24-23-10-16-8-17(22)6-7-18(16)29-12-21(26)27/h4-10,13H,11-12H2,1-3H3,(H,24,25)(H,26,27)/b23-10-. The lowest BCUT2D eigenvalue weighted by Crippen LogP contribution is -2.24. The van der Waals surface area contributed by atoms with E-state index in [-0.39, 0.29) is 6.61 Å². The Balaban J connectivity index is 1.96. The minimum Gasteiger partial charge on any atom is -0.483 e. The minimum atomic E-state index is -1.09. The van der Waals surface area contributed by atoms with Crippen LogP contribution in [0.2, 0.25) is 0 Å². The summed E-state index contributed by atoms with van der Waals surface area (Å²) in [6.07, 6.45) is 1.38. The Morgan fingerprint density at radius 3 is 2.55 bits per heavy atom. The van der Waals surface area contributed by atoms with Crippen molar-refractivity contribution >= 4 is 34.0 Å². The van der Waals surface area contributed by atoms with Crippen molar-refractivity contribution in [2.75, 3.05) is 13.2 Å². The van der Waals surface area contributed by atoms with Crippen LogP contribution < -0.4 is 14.9 Å². The first kappa shape index (κ1) is 22.4. The molecule has 2 aromatic carbocycles. The first-order valence-corrected chi connectivity index (χ1v) is 9.75. The second kappa shape index (κ2) is 10.6. The van der Waals surface area contributed by atoms with Crippen LogP contribution in [0.4, 0.5) is 0 Å². The van der Waals surface area contributed by atoms with E-state index in [9.17, 15) is 9.59 Å². The lowest BCUT2D eigenvalue weighted by atomic mass is 10.0. The topological polar surface area (TPSA) is 97.2 Å². The summed E-state index contributed by atoms with van der Waals surface area (Å²) in [5.41, 5.74) is 4.98. The summed E-state index contributed by atoms with van der Waals surface area (Å²) in [6.45, 7) is 5.44. The molecule has 0 saturated carbocycles. The lowest BCUT2D eigenvalue weighted by molar-refractivity contribution is -0.139. The van der Waals surface area contributed by atoms with Gasteiger partial charge in [0.15, 0.2) is 13.2 Å². The van der Waals surface area contributed by atoms with Gasteiger partial charge in [0.05, 0.1) is 6.21 Å². The van der Waals surface area contributed by atoms with E-state index < -0.39 is 18.5 Å². The van der Waals surface area contributed by atoms with E-state index in [0.29, 0.717) is 23.0 Å². The fourth-order valence-electron chi connectivity index (χ4n) is 2.37. The molecule has 2 N–H and O–H groups in total. The summed E-state index contributed by atoms with van der Waals surface area (Å²) < 4.78 is 11.6. The Hall–Kier alpha value is -2.87. The van der Waals surface area contributed by atoms with Crippen molar-refractivity contribution in [3.8, 4) is 11.5 Å². The van der Waals surface area contributed by atoms with Gasteiger partial charge in [0, 0.05) is 10.0 Å². The molecule has 0 aliphatic heterocycles. The zero-order valence-electron chi connectivity index (χ0n) is 16.4. The third kappa shape index (κ3) is 7.23. The Kier molecular flexibility index (Phi) is 8.21. The second-order valence-corrected chi connectivity index (χ2v) is 7.54. The van der Waals surface area contributed by atoms with Crippen LogP contribution in [0.25, 0.3) is 0 Å². The summed E-state index contributed by atoms with van der Waals surface area (Å²) in [5.74, 6) is -0.145. The number of nitrogens with zero attached hydrogens (tertiary/aromatic N) is 1. The molecule has 0 aliphatic rings. The van der Waals surface area contributed by atoms with Crippen molar-refractivity contribution in [2.24, 2.45) is 5.10 Å². The lowest BCUT2D eigenvalue weighted by Gasteiger charge is -2.12. The number of hydrogen-bond donors (Lipinski definition) is 2. The summed E-state index contributed by atoms with van der Waals surface area (Å²) in [5, 5.41) is 12.6. The molecule has 0 saturated heterocycles. The molecule has 1 amide bonds. The molecule has 8 heteroatoms. The number of carbonyl (C=O) groups excluding carboxylic acids is 1. The Bertz CT molecular complexity index is 912. The molecule has 29 heavy (non-hydrogen) atoms. The number of rotatable bonds is 9. The number of aliphatic carboxylic acids is 1. The summed E-state index contributed by atoms with van der Waals surface area (Å²) in [6, 6.07) is 11.0. The number of aryl methyl sites for hydroxylation is 1. The molecule has 0 aliphatic carbocycles. The highest BCUT2D eigenvalue weighted by Gasteiger charge is 2.08. The van der Waals surface area contributed by atoms with Gasteiger partial charge in [0.25, 0.3) is 5.91 Å². The number of carbonyl (C=O) groups is 2. The normalized spacial score (nSPS) is 10.9. The van der Waals surface area contributed by atoms with Gasteiger partial charge in [-0.15, -0.1) is 0 Å². The van der Waals surface area contributed by atoms with Gasteiger partial charge in [-0.25, -0.2) is 10.2 Å². The maximum absolute atomic E-state index is 12.0. The molecule has 0 radical (unpaired) electrons. The highest BCUT2D eigenvalue weighted by molar-refractivity contribution is 9.10. The van der Waals surface area contributed by atoms with Gasteiger partial charge in [0.1, 0.15) is 11.5 Å². The predicted octanol–water partition coefficient (Wildman–Crippen LogP) is 3.87. The van der Waals surface area contributed by atoms with E-state index in [0.717, 1.165) is 15.6 Å². The molecule has 0 bridgehead atoms. The number of hydrogen-bond acceptors (Lipinski definition) is 5. The van der Waals surface area contributed by atoms with Crippen molar-refractivity contribution in [1.82, 2.24) is 5.43 Å². The van der Waals surface area contributed by atoms with E-state index in [1.54, 1.807) is 18.2 Å². The molecule has 0 heterocycles. The molecule has 7 nitrogen and oxygen atoms in total. The number of carboxylic acid groups (broad SMARTS) is 1. The van der Waals surface area contributed by atoms with E-state index in [4.69, 9.17) is 14.6 Å². The number of benzene rings is 2. The first-order chi connectivity index (χ1) is 13.8. The maximum atomic E-state index is 12.0. The molecule has 154 valence electrons. The number of hydrazone groups is 1. The van der Waals surface area contributed by atoms with Crippen LogP contribution in [0.1, 0.15) is 36.5 Å². The van der Waals surface area contributed by atoms with Gasteiger partial charge in [-0.3, -0.25) is 4.79 Å². The largest absolute Gasteiger partial charge is 0.483 e. The van der Waals surface area contributed by atoms with Crippen molar-refractivity contribution in [1.29, 1.82) is 0 Å². The molecule has 0 spiro atoms. The van der Waals surface area contributed by atoms with Crippen LogP contribution >= 0.6 is 15.9 Å². The van der Waals surface area contributed by atoms with Gasteiger partial charge in [-0.1, -0.05) is 41.9 Å². The van der Waals surface area contributed by atoms with E-state index in [1.165, 1.54) is 6.21 Å². The zero-order chi connectivity index (χ0) is 21.4. The first-order valence-electron chi connectivity index (χ1n) is 8.95. The van der Waals surface area contributed by atoms with Gasteiger partial charge in [-0.05, 0) is 48.2 Å². The Labute approximate surface area is 177 Å². The van der Waals surface area contributed by atoms with Crippen molar-refractivity contribution < 1.29 is 24.2 Å². The third-order valence-corrected chi connectivity index (χ3v) is 4.45. The van der Waals surface area contributed by atoms with Crippen molar-refractivity contribution in [2.45, 2.75) is 26.7 Å². The van der Waals surface area contributed by atoms with Crippen molar-refractivity contribution in [3.63, 3.8) is 0 Å². The fraction of sp³-hybridized carbons (Fsp3) is 0.286. The number of carboxylic acids is 1. The quantitative estimate of drug-likeness (QED) is 0.435. The van der Waals surface area contributed by atoms with E-state index in [2.05, 4.69) is 40.3 Å². The second-order valence-electron chi connectivity index (χ2n) is 6.63. The van der Waals surface area contributed by atoms with Gasteiger partial charge >= 0.3 is 5.97 Å². The van der Waals surface area contributed by atoms with Crippen LogP contribution in [0.5, 0.6) is 11.5 Å². The van der Waals surface area contributed by atoms with E-state index >= 15 is 0 Å². The van der Waals surface area contributed by atoms with Crippen LogP contribution in [-0.4, -0.2) is 36.4 Å². The van der Waals surface area contributed by atoms with Crippen LogP contribution in [0.15, 0.2) is 46.0 Å². The molecule has 0 atom stereocenters. The van der Waals surface area contributed by atoms with E-state index in [1.807, 2.05) is 25.1 Å².